The Balaban J connectivity index is 2.17. The highest BCUT2D eigenvalue weighted by Crippen LogP contribution is 2.31. The van der Waals surface area contributed by atoms with Gasteiger partial charge in [-0.25, -0.2) is 13.2 Å². The van der Waals surface area contributed by atoms with Crippen molar-refractivity contribution >= 4 is 21.9 Å². The molecule has 1 unspecified atom stereocenters. The fourth-order valence-electron chi connectivity index (χ4n) is 3.53. The first-order valence-electron chi connectivity index (χ1n) is 10.4. The van der Waals surface area contributed by atoms with Crippen LogP contribution in [0.15, 0.2) is 59.5 Å². The molecule has 7 nitrogen and oxygen atoms in total. The zero-order chi connectivity index (χ0) is 23.9. The molecule has 0 aliphatic rings. The standard InChI is InChI=1S/C24H31NO6S/c1-17-10-12-19(13-11-17)32(29,30)15-14-20(21(22(26)27)24(2,3)4)25-23(28)31-16-18-8-6-5-7-9-18/h5-13,20-21H,14-16H2,1-4H3,(H,25,28)(H,26,27)/t20?,21-/m0/s1. The summed E-state index contributed by atoms with van der Waals surface area (Å²) in [5.41, 5.74) is 0.992. The molecule has 174 valence electrons. The van der Waals surface area contributed by atoms with Gasteiger partial charge in [0.2, 0.25) is 0 Å². The third kappa shape index (κ3) is 7.37. The third-order valence-electron chi connectivity index (χ3n) is 5.20. The van der Waals surface area contributed by atoms with Crippen LogP contribution >= 0.6 is 0 Å². The van der Waals surface area contributed by atoms with E-state index in [0.29, 0.717) is 0 Å². The van der Waals surface area contributed by atoms with Crippen LogP contribution in [0.5, 0.6) is 0 Å². The van der Waals surface area contributed by atoms with Gasteiger partial charge in [0, 0.05) is 6.04 Å². The molecule has 2 aromatic rings. The molecular formula is C24H31NO6S. The van der Waals surface area contributed by atoms with Crippen molar-refractivity contribution in [1.29, 1.82) is 0 Å². The Labute approximate surface area is 189 Å². The van der Waals surface area contributed by atoms with Crippen LogP contribution in [0.4, 0.5) is 4.79 Å². The van der Waals surface area contributed by atoms with Crippen LogP contribution in [0.1, 0.15) is 38.3 Å². The molecular weight excluding hydrogens is 430 g/mol. The summed E-state index contributed by atoms with van der Waals surface area (Å²) in [6.45, 7) is 7.10. The SMILES string of the molecule is Cc1ccc(S(=O)(=O)CCC(NC(=O)OCc2ccccc2)[C@@H](C(=O)O)C(C)(C)C)cc1. The molecule has 0 fully saturated rings. The average molecular weight is 462 g/mol. The summed E-state index contributed by atoms with van der Waals surface area (Å²) in [6.07, 6.45) is -0.854. The number of alkyl carbamates (subject to hydrolysis) is 1. The van der Waals surface area contributed by atoms with Crippen molar-refractivity contribution in [3.8, 4) is 0 Å². The summed E-state index contributed by atoms with van der Waals surface area (Å²) >= 11 is 0. The van der Waals surface area contributed by atoms with E-state index in [1.54, 1.807) is 45.0 Å². The van der Waals surface area contributed by atoms with Gasteiger partial charge in [-0.05, 0) is 36.5 Å². The van der Waals surface area contributed by atoms with Crippen LogP contribution in [0.25, 0.3) is 0 Å². The molecule has 0 saturated heterocycles. The van der Waals surface area contributed by atoms with Gasteiger partial charge in [-0.2, -0.15) is 0 Å². The van der Waals surface area contributed by atoms with E-state index in [2.05, 4.69) is 5.32 Å². The Kier molecular flexibility index (Phi) is 8.44. The minimum atomic E-state index is -3.65. The molecule has 0 saturated carbocycles. The van der Waals surface area contributed by atoms with Gasteiger partial charge in [-0.3, -0.25) is 4.79 Å². The van der Waals surface area contributed by atoms with E-state index in [1.165, 1.54) is 12.1 Å². The second kappa shape index (κ2) is 10.6. The number of aliphatic carboxylic acids is 1. The van der Waals surface area contributed by atoms with Crippen LogP contribution in [0, 0.1) is 18.3 Å². The number of carboxylic acids is 1. The minimum absolute atomic E-state index is 0.0221. The van der Waals surface area contributed by atoms with E-state index in [4.69, 9.17) is 4.74 Å². The van der Waals surface area contributed by atoms with Crippen molar-refractivity contribution < 1.29 is 27.9 Å². The Bertz CT molecular complexity index is 1010. The topological polar surface area (TPSA) is 110 Å². The predicted molar refractivity (Wildman–Crippen MR) is 122 cm³/mol. The van der Waals surface area contributed by atoms with Crippen LogP contribution < -0.4 is 5.32 Å². The Morgan fingerprint density at radius 2 is 1.62 bits per heavy atom. The molecule has 2 aromatic carbocycles. The van der Waals surface area contributed by atoms with Crippen molar-refractivity contribution in [3.05, 3.63) is 65.7 Å². The largest absolute Gasteiger partial charge is 0.481 e. The van der Waals surface area contributed by atoms with E-state index in [1.807, 2.05) is 25.1 Å². The quantitative estimate of drug-likeness (QED) is 0.579. The van der Waals surface area contributed by atoms with Crippen molar-refractivity contribution in [2.75, 3.05) is 5.75 Å². The molecule has 0 radical (unpaired) electrons. The number of hydrogen-bond acceptors (Lipinski definition) is 5. The van der Waals surface area contributed by atoms with Gasteiger partial charge in [-0.15, -0.1) is 0 Å². The molecule has 0 bridgehead atoms. The molecule has 1 amide bonds. The number of amides is 1. The maximum atomic E-state index is 12.8. The monoisotopic (exact) mass is 461 g/mol. The smallest absolute Gasteiger partial charge is 0.407 e. The number of carbonyl (C=O) groups is 2. The van der Waals surface area contributed by atoms with Gasteiger partial charge >= 0.3 is 12.1 Å². The molecule has 0 aliphatic heterocycles. The molecule has 2 N–H and O–H groups in total. The zero-order valence-corrected chi connectivity index (χ0v) is 19.7. The third-order valence-corrected chi connectivity index (χ3v) is 6.96. The van der Waals surface area contributed by atoms with Gasteiger partial charge in [0.1, 0.15) is 6.61 Å². The summed E-state index contributed by atoms with van der Waals surface area (Å²) in [4.78, 5) is 24.6. The number of rotatable bonds is 9. The first-order valence-corrected chi connectivity index (χ1v) is 12.0. The highest BCUT2D eigenvalue weighted by Gasteiger charge is 2.39. The summed E-state index contributed by atoms with van der Waals surface area (Å²) < 4.78 is 30.8. The molecule has 0 heterocycles. The Hall–Kier alpha value is -2.87. The second-order valence-corrected chi connectivity index (χ2v) is 11.0. The number of hydrogen-bond donors (Lipinski definition) is 2. The molecule has 2 atom stereocenters. The number of ether oxygens (including phenoxy) is 1. The average Bonchev–Trinajstić information content (AvgIpc) is 2.70. The fraction of sp³-hybridized carbons (Fsp3) is 0.417. The second-order valence-electron chi connectivity index (χ2n) is 8.92. The number of sulfone groups is 1. The van der Waals surface area contributed by atoms with Gasteiger partial charge in [0.25, 0.3) is 0 Å². The maximum absolute atomic E-state index is 12.8. The Morgan fingerprint density at radius 1 is 1.03 bits per heavy atom. The lowest BCUT2D eigenvalue weighted by Crippen LogP contribution is -2.49. The first kappa shape index (κ1) is 25.4. The number of carboxylic acid groups (broad SMARTS) is 1. The van der Waals surface area contributed by atoms with Crippen LogP contribution in [0.3, 0.4) is 0 Å². The van der Waals surface area contributed by atoms with E-state index in [-0.39, 0.29) is 23.7 Å². The van der Waals surface area contributed by atoms with E-state index < -0.39 is 39.3 Å². The lowest BCUT2D eigenvalue weighted by molar-refractivity contribution is -0.146. The normalized spacial score (nSPS) is 13.8. The van der Waals surface area contributed by atoms with E-state index in [0.717, 1.165) is 11.1 Å². The highest BCUT2D eigenvalue weighted by atomic mass is 32.2. The van der Waals surface area contributed by atoms with Gasteiger partial charge in [0.15, 0.2) is 9.84 Å². The fourth-order valence-corrected chi connectivity index (χ4v) is 4.88. The maximum Gasteiger partial charge on any atom is 0.407 e. The number of carbonyl (C=O) groups excluding carboxylic acids is 1. The molecule has 32 heavy (non-hydrogen) atoms. The lowest BCUT2D eigenvalue weighted by Gasteiger charge is -2.34. The minimum Gasteiger partial charge on any atom is -0.481 e. The summed E-state index contributed by atoms with van der Waals surface area (Å²) in [5.74, 6) is -2.43. The van der Waals surface area contributed by atoms with E-state index in [9.17, 15) is 23.1 Å². The summed E-state index contributed by atoms with van der Waals surface area (Å²) in [7, 11) is -3.65. The molecule has 0 aromatic heterocycles. The van der Waals surface area contributed by atoms with Gasteiger partial charge < -0.3 is 15.2 Å². The predicted octanol–water partition coefficient (Wildman–Crippen LogP) is 4.20. The van der Waals surface area contributed by atoms with Gasteiger partial charge in [-0.1, -0.05) is 68.8 Å². The lowest BCUT2D eigenvalue weighted by atomic mass is 9.75. The van der Waals surface area contributed by atoms with Crippen molar-refractivity contribution in [1.82, 2.24) is 5.32 Å². The van der Waals surface area contributed by atoms with Crippen molar-refractivity contribution in [2.24, 2.45) is 11.3 Å². The molecule has 0 spiro atoms. The van der Waals surface area contributed by atoms with Crippen molar-refractivity contribution in [3.63, 3.8) is 0 Å². The van der Waals surface area contributed by atoms with Crippen LogP contribution in [-0.2, 0) is 26.0 Å². The summed E-state index contributed by atoms with van der Waals surface area (Å²) in [5, 5.41) is 12.4. The van der Waals surface area contributed by atoms with Crippen molar-refractivity contribution in [2.45, 2.75) is 51.7 Å². The van der Waals surface area contributed by atoms with Crippen LogP contribution in [0.2, 0.25) is 0 Å². The van der Waals surface area contributed by atoms with E-state index >= 15 is 0 Å². The molecule has 2 rings (SSSR count). The first-order chi connectivity index (χ1) is 14.9. The highest BCUT2D eigenvalue weighted by molar-refractivity contribution is 7.91. The Morgan fingerprint density at radius 3 is 2.16 bits per heavy atom. The number of nitrogens with one attached hydrogen (secondary N) is 1. The summed E-state index contributed by atoms with van der Waals surface area (Å²) in [6, 6.07) is 14.6. The zero-order valence-electron chi connectivity index (χ0n) is 18.9. The van der Waals surface area contributed by atoms with Crippen LogP contribution in [-0.4, -0.2) is 37.4 Å². The number of aryl methyl sites for hydroxylation is 1. The molecule has 8 heteroatoms. The molecule has 0 aliphatic carbocycles. The van der Waals surface area contributed by atoms with Gasteiger partial charge in [0.05, 0.1) is 16.6 Å². The number of benzene rings is 2.